The molecule has 2 atom stereocenters. The number of H-pyrrole nitrogens is 1. The maximum Gasteiger partial charge on any atom is 0.338 e. The molecule has 12 nitrogen and oxygen atoms in total. The lowest BCUT2D eigenvalue weighted by atomic mass is 10.0. The molecule has 194 valence electrons. The highest BCUT2D eigenvalue weighted by atomic mass is 35.5. The molecule has 0 spiro atoms. The van der Waals surface area contributed by atoms with Crippen LogP contribution in [0.25, 0.3) is 0 Å². The highest BCUT2D eigenvalue weighted by molar-refractivity contribution is 6.33. The molecule has 1 aromatic heterocycles. The number of likely N-dealkylation sites (tertiary alicyclic amines) is 1. The third-order valence-electron chi connectivity index (χ3n) is 5.62. The highest BCUT2D eigenvalue weighted by Crippen LogP contribution is 2.17. The number of ether oxygens (including phenoxy) is 2. The summed E-state index contributed by atoms with van der Waals surface area (Å²) in [5.41, 5.74) is 5.57. The molecule has 0 saturated carbocycles. The van der Waals surface area contributed by atoms with Crippen molar-refractivity contribution in [1.29, 1.82) is 0 Å². The Bertz CT molecular complexity index is 1150. The molecule has 0 unspecified atom stereocenters. The van der Waals surface area contributed by atoms with Crippen molar-refractivity contribution >= 4 is 40.9 Å². The topological polar surface area (TPSA) is 176 Å². The fourth-order valence-corrected chi connectivity index (χ4v) is 3.93. The van der Waals surface area contributed by atoms with Crippen LogP contribution < -0.4 is 21.9 Å². The van der Waals surface area contributed by atoms with Crippen molar-refractivity contribution < 1.29 is 29.0 Å². The molecule has 36 heavy (non-hydrogen) atoms. The van der Waals surface area contributed by atoms with Crippen LogP contribution in [0, 0.1) is 0 Å². The summed E-state index contributed by atoms with van der Waals surface area (Å²) in [7, 11) is 1.51. The number of aliphatic hydroxyl groups excluding tert-OH is 1. The van der Waals surface area contributed by atoms with Crippen molar-refractivity contribution in [3.05, 3.63) is 56.8 Å². The van der Waals surface area contributed by atoms with E-state index in [4.69, 9.17) is 31.9 Å². The van der Waals surface area contributed by atoms with E-state index >= 15 is 0 Å². The molecule has 1 fully saturated rings. The molecule has 0 bridgehead atoms. The van der Waals surface area contributed by atoms with Crippen molar-refractivity contribution in [2.24, 2.45) is 0 Å². The number of aliphatic hydroxyl groups is 1. The Balaban J connectivity index is 1.52. The summed E-state index contributed by atoms with van der Waals surface area (Å²) in [6.45, 7) is 0.628. The number of hydrogen-bond acceptors (Lipinski definition) is 9. The van der Waals surface area contributed by atoms with Gasteiger partial charge in [-0.1, -0.05) is 11.6 Å². The maximum atomic E-state index is 12.6. The van der Waals surface area contributed by atoms with E-state index in [-0.39, 0.29) is 48.1 Å². The number of methoxy groups -OCH3 is 1. The Morgan fingerprint density at radius 2 is 2.00 bits per heavy atom. The number of hydrogen-bond donors (Lipinski definition) is 5. The number of benzene rings is 1. The van der Waals surface area contributed by atoms with E-state index in [0.29, 0.717) is 30.8 Å². The Kier molecular flexibility index (Phi) is 9.42. The number of amides is 2. The molecule has 1 aliphatic rings. The monoisotopic (exact) mass is 521 g/mol. The van der Waals surface area contributed by atoms with Gasteiger partial charge in [-0.3, -0.25) is 19.3 Å². The Morgan fingerprint density at radius 3 is 2.67 bits per heavy atom. The second-order valence-electron chi connectivity index (χ2n) is 8.14. The van der Waals surface area contributed by atoms with Gasteiger partial charge in [0.05, 0.1) is 35.9 Å². The Hall–Kier alpha value is -3.45. The lowest BCUT2D eigenvalue weighted by Crippen LogP contribution is -2.56. The summed E-state index contributed by atoms with van der Waals surface area (Å²) in [6.07, 6.45) is 0.0750. The van der Waals surface area contributed by atoms with Crippen molar-refractivity contribution in [3.63, 3.8) is 0 Å². The minimum absolute atomic E-state index is 0.0175. The molecule has 13 heteroatoms. The Labute approximate surface area is 211 Å². The molecule has 0 aliphatic carbocycles. The van der Waals surface area contributed by atoms with Crippen molar-refractivity contribution in [3.8, 4) is 0 Å². The zero-order valence-electron chi connectivity index (χ0n) is 19.6. The summed E-state index contributed by atoms with van der Waals surface area (Å²) in [5, 5.41) is 14.4. The van der Waals surface area contributed by atoms with Crippen LogP contribution in [0.2, 0.25) is 5.02 Å². The largest absolute Gasteiger partial charge is 0.460 e. The number of halogens is 1. The molecule has 3 rings (SSSR count). The van der Waals surface area contributed by atoms with Crippen molar-refractivity contribution in [1.82, 2.24) is 15.2 Å². The summed E-state index contributed by atoms with van der Waals surface area (Å²) in [5.74, 6) is -1.44. The molecule has 2 heterocycles. The molecule has 6 N–H and O–H groups in total. The van der Waals surface area contributed by atoms with Crippen LogP contribution in [0.1, 0.15) is 27.1 Å². The van der Waals surface area contributed by atoms with Crippen molar-refractivity contribution in [2.45, 2.75) is 18.6 Å². The predicted octanol–water partition coefficient (Wildman–Crippen LogP) is 0.217. The lowest BCUT2D eigenvalue weighted by molar-refractivity contribution is -0.118. The van der Waals surface area contributed by atoms with Gasteiger partial charge in [0.25, 0.3) is 11.5 Å². The van der Waals surface area contributed by atoms with E-state index in [9.17, 15) is 19.2 Å². The number of pyridine rings is 1. The van der Waals surface area contributed by atoms with Gasteiger partial charge < -0.3 is 35.9 Å². The van der Waals surface area contributed by atoms with E-state index < -0.39 is 23.5 Å². The summed E-state index contributed by atoms with van der Waals surface area (Å²) in [4.78, 5) is 53.2. The zero-order chi connectivity index (χ0) is 26.2. The number of aromatic nitrogens is 1. The van der Waals surface area contributed by atoms with E-state index in [1.807, 2.05) is 4.90 Å². The number of nitrogens with two attached hydrogens (primary N) is 1. The van der Waals surface area contributed by atoms with Crippen LogP contribution in [0.5, 0.6) is 0 Å². The first-order chi connectivity index (χ1) is 17.2. The summed E-state index contributed by atoms with van der Waals surface area (Å²) < 4.78 is 10.4. The van der Waals surface area contributed by atoms with E-state index in [2.05, 4.69) is 15.6 Å². The minimum atomic E-state index is -0.646. The van der Waals surface area contributed by atoms with Crippen LogP contribution in [0.3, 0.4) is 0 Å². The third-order valence-corrected chi connectivity index (χ3v) is 5.94. The number of carbonyl (C=O) groups is 3. The molecule has 2 amide bonds. The number of nitrogen functional groups attached to an aromatic ring is 1. The standard InChI is InChI=1S/C23H28ClN5O7/c1-35-18-11-29(7-6-17(18)27-21(32)15-10-16(24)20(25)28-22(15)33)12-19(31)26-14-4-2-13(3-5-14)23(34)36-9-8-30/h2-5,10,17-18,30H,6-9,11-12H2,1H3,(H,26,31)(H,27,32)(H3,25,28,33)/t17-,18+/m1/s1. The number of nitrogens with zero attached hydrogens (tertiary/aromatic N) is 1. The average Bonchev–Trinajstić information content (AvgIpc) is 2.85. The average molecular weight is 522 g/mol. The molecule has 1 saturated heterocycles. The lowest BCUT2D eigenvalue weighted by Gasteiger charge is -2.37. The number of anilines is 2. The first-order valence-electron chi connectivity index (χ1n) is 11.1. The molecular weight excluding hydrogens is 494 g/mol. The first-order valence-corrected chi connectivity index (χ1v) is 11.5. The second-order valence-corrected chi connectivity index (χ2v) is 8.54. The second kappa shape index (κ2) is 12.5. The fraction of sp³-hybridized carbons (Fsp3) is 0.391. The molecule has 2 aromatic rings. The van der Waals surface area contributed by atoms with Crippen LogP contribution in [-0.4, -0.2) is 84.9 Å². The third kappa shape index (κ3) is 7.04. The molecule has 1 aliphatic heterocycles. The number of aromatic amines is 1. The fourth-order valence-electron chi connectivity index (χ4n) is 3.78. The number of carbonyl (C=O) groups excluding carboxylic acids is 3. The summed E-state index contributed by atoms with van der Waals surface area (Å²) >= 11 is 5.92. The van der Waals surface area contributed by atoms with Gasteiger partial charge in [0.1, 0.15) is 18.0 Å². The number of nitrogens with one attached hydrogen (secondary N) is 3. The van der Waals surface area contributed by atoms with Gasteiger partial charge in [0.2, 0.25) is 5.91 Å². The summed E-state index contributed by atoms with van der Waals surface area (Å²) in [6, 6.07) is 7.04. The first kappa shape index (κ1) is 27.1. The van der Waals surface area contributed by atoms with Gasteiger partial charge >= 0.3 is 5.97 Å². The van der Waals surface area contributed by atoms with E-state index in [1.165, 1.54) is 25.3 Å². The quantitative estimate of drug-likeness (QED) is 0.289. The van der Waals surface area contributed by atoms with E-state index in [1.54, 1.807) is 12.1 Å². The van der Waals surface area contributed by atoms with Gasteiger partial charge in [-0.2, -0.15) is 0 Å². The molecule has 0 radical (unpaired) electrons. The predicted molar refractivity (Wildman–Crippen MR) is 132 cm³/mol. The van der Waals surface area contributed by atoms with Gasteiger partial charge in [-0.25, -0.2) is 4.79 Å². The maximum absolute atomic E-state index is 12.6. The zero-order valence-corrected chi connectivity index (χ0v) is 20.3. The van der Waals surface area contributed by atoms with E-state index in [0.717, 1.165) is 0 Å². The van der Waals surface area contributed by atoms with Crippen LogP contribution >= 0.6 is 11.6 Å². The van der Waals surface area contributed by atoms with Crippen LogP contribution in [-0.2, 0) is 14.3 Å². The van der Waals surface area contributed by atoms with Gasteiger partial charge in [-0.05, 0) is 36.8 Å². The SMILES string of the molecule is CO[C@H]1CN(CC(=O)Nc2ccc(C(=O)OCCO)cc2)CC[C@H]1NC(=O)c1cc(Cl)c(N)[nH]c1=O. The van der Waals surface area contributed by atoms with Crippen molar-refractivity contribution in [2.75, 3.05) is 51.0 Å². The van der Waals surface area contributed by atoms with Gasteiger partial charge in [0.15, 0.2) is 0 Å². The van der Waals surface area contributed by atoms with Gasteiger partial charge in [0, 0.05) is 25.9 Å². The van der Waals surface area contributed by atoms with Gasteiger partial charge in [-0.15, -0.1) is 0 Å². The normalized spacial score (nSPS) is 17.9. The molecular formula is C23H28ClN5O7. The number of rotatable bonds is 9. The number of piperidine rings is 1. The molecule has 1 aromatic carbocycles. The van der Waals surface area contributed by atoms with Crippen LogP contribution in [0.15, 0.2) is 35.1 Å². The minimum Gasteiger partial charge on any atom is -0.460 e. The Morgan fingerprint density at radius 1 is 1.28 bits per heavy atom. The smallest absolute Gasteiger partial charge is 0.338 e. The highest BCUT2D eigenvalue weighted by Gasteiger charge is 2.32. The number of esters is 1. The van der Waals surface area contributed by atoms with Crippen LogP contribution in [0.4, 0.5) is 11.5 Å².